The first kappa shape index (κ1) is 24.2. The highest BCUT2D eigenvalue weighted by Gasteiger charge is 2.50. The zero-order valence-corrected chi connectivity index (χ0v) is 17.7. The molecule has 1 aliphatic rings. The van der Waals surface area contributed by atoms with Gasteiger partial charge in [-0.25, -0.2) is 0 Å². The number of hydrogen-bond acceptors (Lipinski definition) is 4. The Kier molecular flexibility index (Phi) is 8.32. The summed E-state index contributed by atoms with van der Waals surface area (Å²) in [7, 11) is 1.46. The van der Waals surface area contributed by atoms with Gasteiger partial charge in [-0.05, 0) is 55.9 Å². The van der Waals surface area contributed by atoms with Crippen molar-refractivity contribution in [1.82, 2.24) is 0 Å². The molecule has 2 atom stereocenters. The number of methoxy groups -OCH3 is 1. The number of alkyl halides is 3. The van der Waals surface area contributed by atoms with E-state index in [0.717, 1.165) is 17.7 Å². The zero-order chi connectivity index (χ0) is 22.4. The van der Waals surface area contributed by atoms with Crippen molar-refractivity contribution in [2.75, 3.05) is 25.2 Å². The first-order chi connectivity index (χ1) is 14.1. The van der Waals surface area contributed by atoms with E-state index < -0.39 is 23.9 Å². The number of hydrogen-bond donors (Lipinski definition) is 0. The van der Waals surface area contributed by atoms with Crippen molar-refractivity contribution in [3.05, 3.63) is 36.9 Å². The molecule has 1 saturated heterocycles. The topological polar surface area (TPSA) is 48.0 Å². The summed E-state index contributed by atoms with van der Waals surface area (Å²) in [5, 5.41) is 0. The Bertz CT molecular complexity index is 699. The first-order valence-electron chi connectivity index (χ1n) is 10.0. The third-order valence-corrected chi connectivity index (χ3v) is 5.02. The maximum absolute atomic E-state index is 13.6. The fraction of sp³-hybridized carbons (Fsp3) is 0.591. The van der Waals surface area contributed by atoms with Crippen LogP contribution in [0.15, 0.2) is 36.9 Å². The molecule has 1 aromatic carbocycles. The van der Waals surface area contributed by atoms with Gasteiger partial charge in [-0.15, -0.1) is 6.58 Å². The lowest BCUT2D eigenvalue weighted by Crippen LogP contribution is -2.58. The van der Waals surface area contributed by atoms with E-state index in [1.54, 1.807) is 0 Å². The largest absolute Gasteiger partial charge is 0.497 e. The third-order valence-electron chi connectivity index (χ3n) is 5.02. The van der Waals surface area contributed by atoms with Crippen molar-refractivity contribution in [3.8, 4) is 5.75 Å². The van der Waals surface area contributed by atoms with Crippen LogP contribution in [0, 0.1) is 5.92 Å². The number of carbonyl (C=O) groups excluding carboxylic acids is 1. The number of nitrogens with zero attached hydrogens (tertiary/aromatic N) is 1. The Morgan fingerprint density at radius 3 is 2.43 bits per heavy atom. The summed E-state index contributed by atoms with van der Waals surface area (Å²) in [5.74, 6) is -1.53. The fourth-order valence-electron chi connectivity index (χ4n) is 3.67. The molecule has 1 heterocycles. The van der Waals surface area contributed by atoms with Crippen LogP contribution in [0.5, 0.6) is 5.75 Å². The Morgan fingerprint density at radius 2 is 1.97 bits per heavy atom. The maximum atomic E-state index is 13.6. The zero-order valence-electron chi connectivity index (χ0n) is 17.7. The van der Waals surface area contributed by atoms with Crippen LogP contribution in [0.2, 0.25) is 0 Å². The fourth-order valence-corrected chi connectivity index (χ4v) is 3.67. The van der Waals surface area contributed by atoms with Gasteiger partial charge in [-0.2, -0.15) is 13.2 Å². The average molecular weight is 429 g/mol. The molecule has 8 heteroatoms. The lowest BCUT2D eigenvalue weighted by atomic mass is 9.86. The summed E-state index contributed by atoms with van der Waals surface area (Å²) in [5.41, 5.74) is -1.32. The molecule has 168 valence electrons. The maximum Gasteiger partial charge on any atom is 0.471 e. The lowest BCUT2D eigenvalue weighted by Gasteiger charge is -2.43. The molecular weight excluding hydrogens is 399 g/mol. The predicted octanol–water partition coefficient (Wildman–Crippen LogP) is 5.10. The van der Waals surface area contributed by atoms with Crippen LogP contribution in [0.3, 0.4) is 0 Å². The van der Waals surface area contributed by atoms with Crippen LogP contribution in [0.4, 0.5) is 18.9 Å². The number of halogens is 3. The highest BCUT2D eigenvalue weighted by Crippen LogP contribution is 2.36. The minimum atomic E-state index is -5.06. The smallest absolute Gasteiger partial charge is 0.471 e. The van der Waals surface area contributed by atoms with Gasteiger partial charge in [0.15, 0.2) is 6.29 Å². The van der Waals surface area contributed by atoms with E-state index in [2.05, 4.69) is 6.58 Å². The van der Waals surface area contributed by atoms with Crippen LogP contribution in [0.1, 0.15) is 39.5 Å². The second-order valence-electron chi connectivity index (χ2n) is 7.85. The molecule has 0 aromatic heterocycles. The normalized spacial score (nSPS) is 19.2. The summed E-state index contributed by atoms with van der Waals surface area (Å²) >= 11 is 0. The van der Waals surface area contributed by atoms with E-state index in [-0.39, 0.29) is 24.6 Å². The van der Waals surface area contributed by atoms with Gasteiger partial charge in [-0.1, -0.05) is 19.9 Å². The van der Waals surface area contributed by atoms with Gasteiger partial charge in [0.2, 0.25) is 0 Å². The number of anilines is 1. The number of rotatable bonds is 9. The van der Waals surface area contributed by atoms with Gasteiger partial charge in [0, 0.05) is 12.3 Å². The SMILES string of the molecule is C=C[C@@](COC1CCCCO1)(CC(C)C)N(C(=O)C(F)(F)F)c1ccc(OC)cc1. The molecule has 30 heavy (non-hydrogen) atoms. The monoisotopic (exact) mass is 429 g/mol. The summed E-state index contributed by atoms with van der Waals surface area (Å²) in [4.78, 5) is 13.3. The second-order valence-corrected chi connectivity index (χ2v) is 7.85. The van der Waals surface area contributed by atoms with E-state index in [9.17, 15) is 18.0 Å². The van der Waals surface area contributed by atoms with E-state index in [1.165, 1.54) is 37.5 Å². The van der Waals surface area contributed by atoms with Crippen molar-refractivity contribution in [2.45, 2.75) is 57.5 Å². The van der Waals surface area contributed by atoms with Gasteiger partial charge in [-0.3, -0.25) is 9.69 Å². The highest BCUT2D eigenvalue weighted by molar-refractivity contribution is 5.99. The Hall–Kier alpha value is -2.06. The molecule has 1 aromatic rings. The molecule has 0 bridgehead atoms. The number of benzene rings is 1. The molecule has 5 nitrogen and oxygen atoms in total. The Morgan fingerprint density at radius 1 is 1.30 bits per heavy atom. The summed E-state index contributed by atoms with van der Waals surface area (Å²) in [6.07, 6.45) is -1.47. The molecule has 0 aliphatic carbocycles. The van der Waals surface area contributed by atoms with E-state index in [1.807, 2.05) is 13.8 Å². The third kappa shape index (κ3) is 5.98. The molecule has 0 saturated carbocycles. The second kappa shape index (κ2) is 10.3. The first-order valence-corrected chi connectivity index (χ1v) is 10.0. The number of carbonyl (C=O) groups is 1. The molecule has 2 rings (SSSR count). The molecular formula is C22H30F3NO4. The molecule has 1 aliphatic heterocycles. The molecule has 0 N–H and O–H groups in total. The molecule has 0 spiro atoms. The molecule has 1 unspecified atom stereocenters. The van der Waals surface area contributed by atoms with Gasteiger partial charge in [0.05, 0.1) is 19.3 Å². The van der Waals surface area contributed by atoms with Crippen molar-refractivity contribution in [3.63, 3.8) is 0 Å². The van der Waals surface area contributed by atoms with E-state index >= 15 is 0 Å². The van der Waals surface area contributed by atoms with E-state index in [4.69, 9.17) is 14.2 Å². The Labute approximate surface area is 175 Å². The number of amides is 1. The number of ether oxygens (including phenoxy) is 3. The minimum absolute atomic E-state index is 0.0272. The van der Waals surface area contributed by atoms with Crippen LogP contribution in [-0.4, -0.2) is 44.2 Å². The van der Waals surface area contributed by atoms with Crippen LogP contribution in [-0.2, 0) is 14.3 Å². The van der Waals surface area contributed by atoms with Crippen LogP contribution < -0.4 is 9.64 Å². The van der Waals surface area contributed by atoms with Gasteiger partial charge in [0.25, 0.3) is 0 Å². The molecule has 1 amide bonds. The predicted molar refractivity (Wildman–Crippen MR) is 108 cm³/mol. The van der Waals surface area contributed by atoms with Crippen molar-refractivity contribution >= 4 is 11.6 Å². The van der Waals surface area contributed by atoms with Crippen molar-refractivity contribution < 1.29 is 32.2 Å². The van der Waals surface area contributed by atoms with Crippen LogP contribution in [0.25, 0.3) is 0 Å². The van der Waals surface area contributed by atoms with Crippen LogP contribution >= 0.6 is 0 Å². The summed E-state index contributed by atoms with van der Waals surface area (Å²) < 4.78 is 57.4. The van der Waals surface area contributed by atoms with E-state index in [0.29, 0.717) is 18.8 Å². The van der Waals surface area contributed by atoms with Crippen molar-refractivity contribution in [2.24, 2.45) is 5.92 Å². The average Bonchev–Trinajstić information content (AvgIpc) is 2.72. The highest BCUT2D eigenvalue weighted by atomic mass is 19.4. The standard InChI is InChI=1S/C22H30F3NO4/c1-5-21(14-16(2)3,15-30-19-8-6-7-13-29-19)26(20(27)22(23,24)25)17-9-11-18(28-4)12-10-17/h5,9-12,16,19H,1,6-8,13-15H2,2-4H3/t19?,21-/m0/s1. The quantitative estimate of drug-likeness (QED) is 0.512. The lowest BCUT2D eigenvalue weighted by molar-refractivity contribution is -0.179. The van der Waals surface area contributed by atoms with Gasteiger partial charge >= 0.3 is 12.1 Å². The molecule has 1 fully saturated rings. The minimum Gasteiger partial charge on any atom is -0.497 e. The van der Waals surface area contributed by atoms with Gasteiger partial charge in [0.1, 0.15) is 5.75 Å². The Balaban J connectivity index is 2.48. The van der Waals surface area contributed by atoms with Gasteiger partial charge < -0.3 is 14.2 Å². The van der Waals surface area contributed by atoms with Crippen molar-refractivity contribution in [1.29, 1.82) is 0 Å². The summed E-state index contributed by atoms with van der Waals surface area (Å²) in [6.45, 7) is 7.92. The molecule has 0 radical (unpaired) electrons. The summed E-state index contributed by atoms with van der Waals surface area (Å²) in [6, 6.07) is 5.89.